The Morgan fingerprint density at radius 3 is 2.29 bits per heavy atom. The van der Waals surface area contributed by atoms with Crippen molar-refractivity contribution in [3.8, 4) is 0 Å². The quantitative estimate of drug-likeness (QED) is 0.177. The molecule has 2 rings (SSSR count). The van der Waals surface area contributed by atoms with Crippen molar-refractivity contribution in [2.45, 2.75) is 91.8 Å². The number of carboxylic acids is 1. The summed E-state index contributed by atoms with van der Waals surface area (Å²) in [5.41, 5.74) is 7.46. The van der Waals surface area contributed by atoms with Crippen molar-refractivity contribution >= 4 is 40.8 Å². The van der Waals surface area contributed by atoms with Crippen molar-refractivity contribution in [1.82, 2.24) is 15.2 Å². The summed E-state index contributed by atoms with van der Waals surface area (Å²) in [5.74, 6) is -2.16. The summed E-state index contributed by atoms with van der Waals surface area (Å²) in [7, 11) is 1.78. The van der Waals surface area contributed by atoms with Crippen LogP contribution in [0.15, 0.2) is 29.6 Å². The molecule has 42 heavy (non-hydrogen) atoms. The van der Waals surface area contributed by atoms with Crippen LogP contribution in [0.1, 0.15) is 94.4 Å². The molecule has 10 nitrogen and oxygen atoms in total. The highest BCUT2D eigenvalue weighted by molar-refractivity contribution is 7.09. The molecule has 0 saturated heterocycles. The van der Waals surface area contributed by atoms with Gasteiger partial charge in [-0.25, -0.2) is 4.98 Å². The number of carbonyl (C=O) groups is 4. The summed E-state index contributed by atoms with van der Waals surface area (Å²) < 4.78 is 5.65. The van der Waals surface area contributed by atoms with E-state index in [0.717, 1.165) is 12.0 Å². The van der Waals surface area contributed by atoms with E-state index in [0.29, 0.717) is 30.0 Å². The predicted molar refractivity (Wildman–Crippen MR) is 164 cm³/mol. The smallest absolute Gasteiger partial charge is 0.306 e. The Labute approximate surface area is 253 Å². The first-order valence-electron chi connectivity index (χ1n) is 14.5. The molecule has 1 aromatic heterocycles. The Morgan fingerprint density at radius 2 is 1.74 bits per heavy atom. The lowest BCUT2D eigenvalue weighted by molar-refractivity contribution is -0.148. The number of ether oxygens (including phenoxy) is 1. The van der Waals surface area contributed by atoms with Gasteiger partial charge in [0.25, 0.3) is 5.91 Å². The molecular weight excluding hydrogens is 556 g/mol. The van der Waals surface area contributed by atoms with Crippen molar-refractivity contribution in [2.24, 2.45) is 17.8 Å². The summed E-state index contributed by atoms with van der Waals surface area (Å²) in [6, 6.07) is 6.54. The van der Waals surface area contributed by atoms with E-state index in [4.69, 9.17) is 10.5 Å². The number of nitrogen functional groups attached to an aromatic ring is 1. The molecule has 0 saturated carbocycles. The van der Waals surface area contributed by atoms with Crippen molar-refractivity contribution in [1.29, 1.82) is 0 Å². The molecule has 11 heteroatoms. The summed E-state index contributed by atoms with van der Waals surface area (Å²) in [5, 5.41) is 14.5. The molecule has 4 N–H and O–H groups in total. The topological polar surface area (TPSA) is 152 Å². The van der Waals surface area contributed by atoms with E-state index in [1.165, 1.54) is 18.3 Å². The van der Waals surface area contributed by atoms with Gasteiger partial charge in [-0.2, -0.15) is 0 Å². The molecule has 5 atom stereocenters. The van der Waals surface area contributed by atoms with E-state index >= 15 is 0 Å². The van der Waals surface area contributed by atoms with Crippen LogP contribution in [0.5, 0.6) is 0 Å². The minimum Gasteiger partial charge on any atom is -0.481 e. The summed E-state index contributed by atoms with van der Waals surface area (Å²) in [6.07, 6.45) is 1.59. The van der Waals surface area contributed by atoms with Crippen LogP contribution in [0.2, 0.25) is 0 Å². The van der Waals surface area contributed by atoms with Gasteiger partial charge in [-0.1, -0.05) is 53.2 Å². The number of aliphatic carboxylic acids is 1. The van der Waals surface area contributed by atoms with Crippen molar-refractivity contribution in [2.75, 3.05) is 12.8 Å². The maximum absolute atomic E-state index is 13.3. The highest BCUT2D eigenvalue weighted by Gasteiger charge is 2.31. The molecule has 2 aromatic rings. The number of benzene rings is 1. The lowest BCUT2D eigenvalue weighted by atomic mass is 9.95. The lowest BCUT2D eigenvalue weighted by Crippen LogP contribution is -2.42. The van der Waals surface area contributed by atoms with Gasteiger partial charge in [0.05, 0.1) is 5.92 Å². The van der Waals surface area contributed by atoms with E-state index in [2.05, 4.69) is 17.2 Å². The standard InChI is InChI=1S/C31H46N4O6S/c1-8-19(4)13-28(37)35(7)26(18(2)3)16-27(41-21(6)36)30-34-25(17-42-30)29(38)33-24(14-20(5)31(39)40)15-22-9-11-23(32)12-10-22/h9-12,17-20,24,26-27H,8,13-16,32H2,1-7H3,(H,33,38)(H,39,40)/t19-,20-,24+,26?,27+/m0/s1. The molecule has 0 radical (unpaired) electrons. The Morgan fingerprint density at radius 1 is 1.10 bits per heavy atom. The molecule has 1 aromatic carbocycles. The first-order chi connectivity index (χ1) is 19.7. The molecule has 0 aliphatic heterocycles. The molecule has 0 fully saturated rings. The Balaban J connectivity index is 2.25. The number of carbonyl (C=O) groups excluding carboxylic acids is 3. The maximum atomic E-state index is 13.3. The Kier molecular flexibility index (Phi) is 13.4. The average Bonchev–Trinajstić information content (AvgIpc) is 3.41. The molecule has 232 valence electrons. The molecule has 0 aliphatic rings. The number of nitrogens with two attached hydrogens (primary N) is 1. The number of hydrogen-bond acceptors (Lipinski definition) is 8. The van der Waals surface area contributed by atoms with Crippen LogP contribution in [0.3, 0.4) is 0 Å². The van der Waals surface area contributed by atoms with E-state index in [1.807, 2.05) is 32.9 Å². The number of nitrogens with zero attached hydrogens (tertiary/aromatic N) is 2. The molecule has 0 bridgehead atoms. The molecular formula is C31H46N4O6S. The molecule has 1 heterocycles. The number of carboxylic acid groups (broad SMARTS) is 1. The van der Waals surface area contributed by atoms with Crippen LogP contribution < -0.4 is 11.1 Å². The fraction of sp³-hybridized carbons (Fsp3) is 0.581. The lowest BCUT2D eigenvalue weighted by Gasteiger charge is -2.34. The van der Waals surface area contributed by atoms with Crippen molar-refractivity contribution in [3.63, 3.8) is 0 Å². The van der Waals surface area contributed by atoms with Crippen LogP contribution in [0.4, 0.5) is 5.69 Å². The second kappa shape index (κ2) is 16.2. The summed E-state index contributed by atoms with van der Waals surface area (Å²) >= 11 is 1.21. The number of aromatic nitrogens is 1. The number of esters is 1. The molecule has 0 spiro atoms. The number of nitrogens with one attached hydrogen (secondary N) is 1. The zero-order chi connectivity index (χ0) is 31.6. The third-order valence-corrected chi connectivity index (χ3v) is 8.47. The third kappa shape index (κ3) is 10.7. The Hall–Kier alpha value is -3.47. The Bertz CT molecular complexity index is 1200. The highest BCUT2D eigenvalue weighted by atomic mass is 32.1. The molecule has 0 aliphatic carbocycles. The van der Waals surface area contributed by atoms with Gasteiger partial charge >= 0.3 is 11.9 Å². The second-order valence-electron chi connectivity index (χ2n) is 11.5. The highest BCUT2D eigenvalue weighted by Crippen LogP contribution is 2.31. The predicted octanol–water partition coefficient (Wildman–Crippen LogP) is 5.09. The fourth-order valence-corrected chi connectivity index (χ4v) is 5.57. The number of anilines is 1. The summed E-state index contributed by atoms with van der Waals surface area (Å²) in [4.78, 5) is 56.1. The van der Waals surface area contributed by atoms with Crippen LogP contribution >= 0.6 is 11.3 Å². The van der Waals surface area contributed by atoms with E-state index in [9.17, 15) is 24.3 Å². The maximum Gasteiger partial charge on any atom is 0.306 e. The number of rotatable bonds is 16. The van der Waals surface area contributed by atoms with E-state index < -0.39 is 35.9 Å². The van der Waals surface area contributed by atoms with E-state index in [1.54, 1.807) is 36.4 Å². The number of amides is 2. The molecule has 2 amide bonds. The number of thiazole rings is 1. The zero-order valence-corrected chi connectivity index (χ0v) is 26.6. The van der Waals surface area contributed by atoms with Gasteiger partial charge in [0, 0.05) is 50.0 Å². The van der Waals surface area contributed by atoms with Crippen LogP contribution in [-0.2, 0) is 25.5 Å². The first-order valence-corrected chi connectivity index (χ1v) is 15.4. The van der Waals surface area contributed by atoms with Crippen molar-refractivity contribution in [3.05, 3.63) is 45.9 Å². The van der Waals surface area contributed by atoms with Crippen molar-refractivity contribution < 1.29 is 29.0 Å². The largest absolute Gasteiger partial charge is 0.481 e. The van der Waals surface area contributed by atoms with Gasteiger partial charge in [0.15, 0.2) is 6.10 Å². The van der Waals surface area contributed by atoms with E-state index in [-0.39, 0.29) is 35.9 Å². The first kappa shape index (κ1) is 34.7. The number of hydrogen-bond donors (Lipinski definition) is 3. The normalized spacial score (nSPS) is 14.9. The minimum atomic E-state index is -0.945. The summed E-state index contributed by atoms with van der Waals surface area (Å²) in [6.45, 7) is 11.1. The van der Waals surface area contributed by atoms with Gasteiger partial charge in [-0.15, -0.1) is 11.3 Å². The van der Waals surface area contributed by atoms with Gasteiger partial charge in [-0.05, 0) is 42.4 Å². The molecule has 1 unspecified atom stereocenters. The zero-order valence-electron chi connectivity index (χ0n) is 25.8. The minimum absolute atomic E-state index is 0.0339. The van der Waals surface area contributed by atoms with Gasteiger partial charge < -0.3 is 25.8 Å². The average molecular weight is 603 g/mol. The van der Waals surface area contributed by atoms with Gasteiger partial charge in [0.1, 0.15) is 10.7 Å². The van der Waals surface area contributed by atoms with Crippen LogP contribution in [0.25, 0.3) is 0 Å². The fourth-order valence-electron chi connectivity index (χ4n) is 4.73. The third-order valence-electron chi connectivity index (χ3n) is 7.53. The van der Waals surface area contributed by atoms with Crippen LogP contribution in [-0.4, -0.2) is 57.9 Å². The second-order valence-corrected chi connectivity index (χ2v) is 12.4. The van der Waals surface area contributed by atoms with Crippen LogP contribution in [0, 0.1) is 17.8 Å². The van der Waals surface area contributed by atoms with Gasteiger partial charge in [0.2, 0.25) is 5.91 Å². The SMILES string of the molecule is CC[C@H](C)CC(=O)N(C)C(C[C@@H](OC(C)=O)c1nc(C(=O)N[C@@H](Cc2ccc(N)cc2)C[C@H](C)C(=O)O)cs1)C(C)C. The monoisotopic (exact) mass is 602 g/mol. The van der Waals surface area contributed by atoms with Gasteiger partial charge in [-0.3, -0.25) is 19.2 Å².